The van der Waals surface area contributed by atoms with Crippen LogP contribution in [0.5, 0.6) is 17.2 Å². The van der Waals surface area contributed by atoms with Crippen molar-refractivity contribution in [2.75, 3.05) is 51.0 Å². The number of benzene rings is 2. The second-order valence-electron chi connectivity index (χ2n) is 29.3. The number of nitrogens with one attached hydrogen (secondary N) is 3. The van der Waals surface area contributed by atoms with Crippen molar-refractivity contribution >= 4 is 39.4 Å². The number of aliphatic hydroxyl groups excluding tert-OH is 3. The fourth-order valence-electron chi connectivity index (χ4n) is 19.2. The number of hydrogen-bond donors (Lipinski definition) is 9. The Morgan fingerprint density at radius 2 is 1.64 bits per heavy atom. The van der Waals surface area contributed by atoms with Crippen LogP contribution in [0.3, 0.4) is 0 Å². The van der Waals surface area contributed by atoms with Crippen molar-refractivity contribution in [3.63, 3.8) is 0 Å². The van der Waals surface area contributed by atoms with Gasteiger partial charge in [-0.3, -0.25) is 9.59 Å². The van der Waals surface area contributed by atoms with Crippen LogP contribution < -0.4 is 20.7 Å². The number of carbonyl (C=O) groups excluding carboxylic acids is 3. The van der Waals surface area contributed by atoms with Gasteiger partial charge in [0, 0.05) is 97.0 Å². The van der Waals surface area contributed by atoms with Crippen molar-refractivity contribution < 1.29 is 59.2 Å². The van der Waals surface area contributed by atoms with Gasteiger partial charge >= 0.3 is 11.9 Å². The van der Waals surface area contributed by atoms with Crippen LogP contribution in [0.1, 0.15) is 209 Å². The first-order valence-corrected chi connectivity index (χ1v) is 36.1. The molecule has 5 aliphatic carbocycles. The number of carbonyl (C=O) groups is 3. The van der Waals surface area contributed by atoms with Crippen LogP contribution in [0.15, 0.2) is 36.4 Å². The normalized spacial score (nSPS) is 37.6. The summed E-state index contributed by atoms with van der Waals surface area (Å²) in [6.07, 6.45) is 14.6. The van der Waals surface area contributed by atoms with E-state index < -0.39 is 52.7 Å². The van der Waals surface area contributed by atoms with Crippen molar-refractivity contribution in [1.82, 2.24) is 16.0 Å². The van der Waals surface area contributed by atoms with Gasteiger partial charge in [-0.05, 0) is 194 Å². The van der Waals surface area contributed by atoms with E-state index in [0.717, 1.165) is 94.6 Å². The minimum atomic E-state index is -1.21. The van der Waals surface area contributed by atoms with E-state index in [1.807, 2.05) is 19.1 Å². The zero-order chi connectivity index (χ0) is 61.1. The molecule has 4 aliphatic heterocycles. The Hall–Kier alpha value is -3.73. The van der Waals surface area contributed by atoms with Gasteiger partial charge in [-0.15, -0.1) is 5.92 Å². The average Bonchev–Trinajstić information content (AvgIpc) is 1.35. The minimum Gasteiger partial charge on any atom is -0.508 e. The summed E-state index contributed by atoms with van der Waals surface area (Å²) in [4.78, 5) is 43.6. The van der Waals surface area contributed by atoms with Gasteiger partial charge in [-0.2, -0.15) is 0 Å². The Morgan fingerprint density at radius 3 is 2.40 bits per heavy atom. The lowest BCUT2D eigenvalue weighted by molar-refractivity contribution is -0.183. The quantitative estimate of drug-likeness (QED) is 0.0393. The number of fused-ring (bicyclic) bond motifs is 5. The summed E-state index contributed by atoms with van der Waals surface area (Å²) in [6, 6.07) is 11.1. The summed E-state index contributed by atoms with van der Waals surface area (Å²) in [5.74, 6) is 7.42. The molecule has 9 N–H and O–H groups in total. The van der Waals surface area contributed by atoms with Crippen LogP contribution in [-0.2, 0) is 23.9 Å². The van der Waals surface area contributed by atoms with Crippen LogP contribution >= 0.6 is 21.6 Å². The predicted octanol–water partition coefficient (Wildman–Crippen LogP) is 10.3. The topological polar surface area (TPSA) is 236 Å². The van der Waals surface area contributed by atoms with Gasteiger partial charge in [0.1, 0.15) is 23.5 Å². The first-order valence-electron chi connectivity index (χ1n) is 33.7. The van der Waals surface area contributed by atoms with E-state index >= 15 is 4.79 Å². The number of piperidine rings is 2. The van der Waals surface area contributed by atoms with Crippen LogP contribution in [-0.4, -0.2) is 135 Å². The fraction of sp³-hybridized carbons (Fsp3) is 0.757. The Bertz CT molecular complexity index is 2780. The van der Waals surface area contributed by atoms with Crippen LogP contribution in [0.25, 0.3) is 0 Å². The smallest absolute Gasteiger partial charge is 0.332 e. The lowest BCUT2D eigenvalue weighted by Crippen LogP contribution is -2.65. The molecule has 15 nitrogen and oxygen atoms in total. The second-order valence-corrected chi connectivity index (χ2v) is 31.8. The van der Waals surface area contributed by atoms with Gasteiger partial charge in [0.2, 0.25) is 5.91 Å². The van der Waals surface area contributed by atoms with E-state index in [1.54, 1.807) is 39.8 Å². The summed E-state index contributed by atoms with van der Waals surface area (Å²) in [6.45, 7) is 8.22. The Balaban J connectivity index is 0.994. The van der Waals surface area contributed by atoms with Crippen LogP contribution in [0.4, 0.5) is 0 Å². The maximum Gasteiger partial charge on any atom is 0.332 e. The monoisotopic (exact) mass is 1240 g/mol. The van der Waals surface area contributed by atoms with E-state index in [4.69, 9.17) is 14.2 Å². The average molecular weight is 1240 g/mol. The van der Waals surface area contributed by atoms with Gasteiger partial charge in [0.15, 0.2) is 11.5 Å². The molecule has 1 spiro atoms. The number of rotatable bonds is 13. The van der Waals surface area contributed by atoms with E-state index in [1.165, 1.54) is 12.5 Å². The number of amides is 1. The largest absolute Gasteiger partial charge is 0.508 e. The molecule has 11 rings (SSSR count). The minimum absolute atomic E-state index is 0.0287. The molecule has 87 heavy (non-hydrogen) atoms. The highest BCUT2D eigenvalue weighted by Crippen LogP contribution is 2.65. The molecule has 9 aliphatic rings. The molecule has 0 radical (unpaired) electrons. The molecule has 2 aromatic rings. The van der Waals surface area contributed by atoms with Gasteiger partial charge < -0.3 is 60.8 Å². The molecule has 6 fully saturated rings. The summed E-state index contributed by atoms with van der Waals surface area (Å²) in [5.41, 5.74) is -0.276. The number of unbranched alkanes of at least 4 members (excludes halogenated alkanes) is 1. The summed E-state index contributed by atoms with van der Waals surface area (Å²) < 4.78 is 20.9. The number of aromatic hydroxyl groups is 2. The van der Waals surface area contributed by atoms with Gasteiger partial charge in [0.05, 0.1) is 18.3 Å². The Morgan fingerprint density at radius 1 is 0.862 bits per heavy atom. The predicted molar refractivity (Wildman–Crippen MR) is 339 cm³/mol. The Kier molecular flexibility index (Phi) is 20.6. The van der Waals surface area contributed by atoms with E-state index in [0.29, 0.717) is 108 Å². The van der Waals surface area contributed by atoms with Crippen LogP contribution in [0.2, 0.25) is 0 Å². The highest BCUT2D eigenvalue weighted by molar-refractivity contribution is 8.76. The molecule has 0 unspecified atom stereocenters. The number of aliphatic hydroxyl groups is 4. The van der Waals surface area contributed by atoms with Crippen molar-refractivity contribution in [2.24, 2.45) is 51.8 Å². The lowest BCUT2D eigenvalue weighted by Gasteiger charge is -2.56. The molecule has 2 aromatic carbocycles. The number of phenols is 2. The first kappa shape index (κ1) is 64.8. The maximum absolute atomic E-state index is 15.9. The molecule has 4 heterocycles. The third-order valence-electron chi connectivity index (χ3n) is 23.7. The van der Waals surface area contributed by atoms with Crippen molar-refractivity contribution in [3.05, 3.63) is 53.1 Å². The molecular formula is C70H101N3O12S2. The number of ether oxygens (including phenoxy) is 3. The molecule has 0 aromatic heterocycles. The number of esters is 2. The molecule has 3 saturated heterocycles. The number of phenolic OH excluding ortho intramolecular Hbond substituents is 2. The van der Waals surface area contributed by atoms with E-state index in [-0.39, 0.29) is 101 Å². The van der Waals surface area contributed by atoms with E-state index in [9.17, 15) is 40.2 Å². The molecule has 0 bridgehead atoms. The molecule has 1 amide bonds. The Labute approximate surface area is 524 Å². The second kappa shape index (κ2) is 27.6. The molecular weight excluding hydrogens is 1140 g/mol. The van der Waals surface area contributed by atoms with Crippen LogP contribution in [0, 0.1) is 63.6 Å². The highest BCUT2D eigenvalue weighted by Gasteiger charge is 2.61. The molecule has 17 heteroatoms. The van der Waals surface area contributed by atoms with E-state index in [2.05, 4.69) is 40.8 Å². The molecule has 3 saturated carbocycles. The fourth-order valence-corrected chi connectivity index (χ4v) is 22.0. The number of hydrogen-bond acceptors (Lipinski definition) is 16. The molecule has 480 valence electrons. The maximum atomic E-state index is 15.9. The van der Waals surface area contributed by atoms with Crippen molar-refractivity contribution in [3.8, 4) is 29.1 Å². The third kappa shape index (κ3) is 13.8. The summed E-state index contributed by atoms with van der Waals surface area (Å²) in [5, 5.41) is 79.5. The lowest BCUT2D eigenvalue weighted by atomic mass is 9.51. The van der Waals surface area contributed by atoms with Gasteiger partial charge in [0.25, 0.3) is 0 Å². The SMILES string of the molecule is CC(=O)O[C@H]1C[C@@H](OC(=O)[C@]23CCCC[C@H]2CCC(=O)N3)C2(CCNCC2)[C@H]2c3ccc(O)c4c3[C@H](C[C@@H]2C#CC[C@H]2C[C@@](C)(O)CSSC[C@H](NC[C@@H]3C[C@](C)(CCCCO)CC[C@@H]3c3ccc(O)cc3)[C@H](O)CC[C@H]21)[C@H](C1(CO)CCCC1)CO4. The summed E-state index contributed by atoms with van der Waals surface area (Å²) in [7, 11) is 3.27. The zero-order valence-corrected chi connectivity index (χ0v) is 53.7. The third-order valence-corrected chi connectivity index (χ3v) is 26.3. The zero-order valence-electron chi connectivity index (χ0n) is 52.0. The highest BCUT2D eigenvalue weighted by atomic mass is 33.1. The molecule has 16 atom stereocenters. The van der Waals surface area contributed by atoms with Gasteiger partial charge in [-0.25, -0.2) is 4.79 Å². The van der Waals surface area contributed by atoms with Gasteiger partial charge in [-0.1, -0.05) is 84.7 Å². The van der Waals surface area contributed by atoms with Crippen molar-refractivity contribution in [1.29, 1.82) is 0 Å². The summed E-state index contributed by atoms with van der Waals surface area (Å²) >= 11 is 0. The first-order chi connectivity index (χ1) is 41.9. The van der Waals surface area contributed by atoms with Crippen molar-refractivity contribution in [2.45, 2.75) is 228 Å². The standard InChI is InChI=1S/C70H101N3O12S2/c1-44(76)84-59-36-60(85-65(81)70-28-5-4-13-49(70)16-23-61(80)73-70)69(30-32-71-33-31-69)63-46(35-54-55(68(42-75)26-6-7-27-68)40-83-64-58(79)22-20-53(63)62(54)64)11-10-12-47-38-67(3,82)43-87-86-41-56(57(78)21-19-52(47)59)72-39-48-37-66(2,25-8-9-34-74)29-24-51(48)45-14-17-50(77)18-15-45/h14-15,17-18,20,22,46-49,51-52,54-57,59-60,63,71-72,74-75,77-79,82H,4-9,12-13,16,19,21,23-43H2,1-3H3,(H,73,80)/t46-,47-,48-,49-,51+,52+,54+,55+,56-,57+,59-,60+,63+,66+,67+,70-/m0/s1.